The minimum absolute atomic E-state index is 0.0335. The Morgan fingerprint density at radius 1 is 1.08 bits per heavy atom. The third kappa shape index (κ3) is 3.99. The zero-order valence-corrected chi connectivity index (χ0v) is 14.9. The van der Waals surface area contributed by atoms with Crippen LogP contribution in [-0.2, 0) is 0 Å². The molecule has 1 amide bonds. The lowest BCUT2D eigenvalue weighted by Gasteiger charge is -2.31. The second kappa shape index (κ2) is 7.66. The van der Waals surface area contributed by atoms with E-state index in [0.29, 0.717) is 17.1 Å². The van der Waals surface area contributed by atoms with E-state index in [4.69, 9.17) is 4.42 Å². The van der Waals surface area contributed by atoms with Crippen LogP contribution in [0.3, 0.4) is 0 Å². The predicted octanol–water partition coefficient (Wildman–Crippen LogP) is 1.90. The molecule has 0 bridgehead atoms. The maximum absolute atomic E-state index is 12.6. The molecule has 1 fully saturated rings. The summed E-state index contributed by atoms with van der Waals surface area (Å²) in [4.78, 5) is 27.4. The topological polar surface area (TPSA) is 55.0 Å². The van der Waals surface area contributed by atoms with Crippen LogP contribution in [0.4, 0.5) is 0 Å². The molecule has 132 valence electrons. The first-order valence-corrected chi connectivity index (χ1v) is 8.92. The van der Waals surface area contributed by atoms with E-state index in [1.807, 2.05) is 23.1 Å². The Labute approximate surface area is 148 Å². The lowest BCUT2D eigenvalue weighted by atomic mass is 10.1. The molecule has 0 saturated carbocycles. The number of hydrogen-bond acceptors (Lipinski definition) is 3. The Morgan fingerprint density at radius 2 is 1.76 bits per heavy atom. The van der Waals surface area contributed by atoms with Crippen LogP contribution in [0.5, 0.6) is 0 Å². The van der Waals surface area contributed by atoms with E-state index in [2.05, 4.69) is 6.92 Å². The molecule has 3 rings (SSSR count). The zero-order valence-electron chi connectivity index (χ0n) is 14.9. The van der Waals surface area contributed by atoms with Crippen LogP contribution in [0, 0.1) is 0 Å². The summed E-state index contributed by atoms with van der Waals surface area (Å²) < 4.78 is 5.78. The first-order chi connectivity index (χ1) is 12.1. The van der Waals surface area contributed by atoms with E-state index in [0.717, 1.165) is 31.7 Å². The zero-order chi connectivity index (χ0) is 17.8. The van der Waals surface area contributed by atoms with Crippen LogP contribution in [0.15, 0.2) is 40.8 Å². The van der Waals surface area contributed by atoms with E-state index < -0.39 is 0 Å². The van der Waals surface area contributed by atoms with E-state index >= 15 is 0 Å². The highest BCUT2D eigenvalue weighted by molar-refractivity contribution is 5.94. The number of carbonyl (C=O) groups excluding carboxylic acids is 2. The van der Waals surface area contributed by atoms with Crippen LogP contribution in [0.2, 0.25) is 0 Å². The van der Waals surface area contributed by atoms with Crippen molar-refractivity contribution in [1.82, 2.24) is 4.90 Å². The Balaban J connectivity index is 1.67. The average molecular weight is 341 g/mol. The van der Waals surface area contributed by atoms with Crippen LogP contribution in [0.1, 0.15) is 41.2 Å². The maximum atomic E-state index is 12.6. The molecular weight excluding hydrogens is 316 g/mol. The fourth-order valence-corrected chi connectivity index (χ4v) is 3.26. The summed E-state index contributed by atoms with van der Waals surface area (Å²) in [5, 5.41) is 0. The number of nitrogens with zero attached hydrogens (tertiary/aromatic N) is 1. The quantitative estimate of drug-likeness (QED) is 0.845. The highest BCUT2D eigenvalue weighted by Crippen LogP contribution is 2.23. The summed E-state index contributed by atoms with van der Waals surface area (Å²) in [5.74, 6) is 1.02. The lowest BCUT2D eigenvalue weighted by molar-refractivity contribution is -0.904. The number of furan rings is 1. The smallest absolute Gasteiger partial charge is 0.289 e. The second-order valence-electron chi connectivity index (χ2n) is 6.59. The molecule has 0 radical (unpaired) electrons. The van der Waals surface area contributed by atoms with Crippen LogP contribution >= 0.6 is 0 Å². The first-order valence-electron chi connectivity index (χ1n) is 8.92. The molecule has 1 aliphatic rings. The molecule has 0 spiro atoms. The van der Waals surface area contributed by atoms with Gasteiger partial charge in [-0.05, 0) is 25.5 Å². The van der Waals surface area contributed by atoms with Gasteiger partial charge in [0.2, 0.25) is 0 Å². The summed E-state index contributed by atoms with van der Waals surface area (Å²) in [6.45, 7) is 8.45. The van der Waals surface area contributed by atoms with E-state index in [-0.39, 0.29) is 11.7 Å². The van der Waals surface area contributed by atoms with Crippen molar-refractivity contribution in [1.29, 1.82) is 0 Å². The molecule has 1 aromatic heterocycles. The number of quaternary nitrogens is 1. The molecule has 2 aromatic rings. The molecule has 1 saturated heterocycles. The number of nitrogens with one attached hydrogen (secondary N) is 1. The number of benzene rings is 1. The van der Waals surface area contributed by atoms with Crippen LogP contribution in [0.25, 0.3) is 11.3 Å². The molecule has 25 heavy (non-hydrogen) atoms. The van der Waals surface area contributed by atoms with Gasteiger partial charge < -0.3 is 14.2 Å². The minimum atomic E-state index is -0.0397. The summed E-state index contributed by atoms with van der Waals surface area (Å²) in [5.41, 5.74) is 1.53. The number of piperazine rings is 1. The lowest BCUT2D eigenvalue weighted by Crippen LogP contribution is -3.14. The monoisotopic (exact) mass is 341 g/mol. The van der Waals surface area contributed by atoms with Gasteiger partial charge in [0.05, 0.1) is 32.7 Å². The van der Waals surface area contributed by atoms with Crippen LogP contribution < -0.4 is 4.90 Å². The molecule has 5 nitrogen and oxygen atoms in total. The fraction of sp³-hybridized carbons (Fsp3) is 0.400. The molecule has 0 unspecified atom stereocenters. The summed E-state index contributed by atoms with van der Waals surface area (Å²) in [6, 6.07) is 10.8. The van der Waals surface area contributed by atoms with Crippen molar-refractivity contribution in [2.45, 2.75) is 20.3 Å². The van der Waals surface area contributed by atoms with Gasteiger partial charge in [-0.2, -0.15) is 0 Å². The van der Waals surface area contributed by atoms with Crippen molar-refractivity contribution in [2.24, 2.45) is 0 Å². The van der Waals surface area contributed by atoms with Gasteiger partial charge in [-0.1, -0.05) is 31.2 Å². The number of hydrogen-bond donors (Lipinski definition) is 1. The normalized spacial score (nSPS) is 15.4. The molecule has 5 heteroatoms. The largest absolute Gasteiger partial charge is 0.451 e. The highest BCUT2D eigenvalue weighted by atomic mass is 16.4. The maximum Gasteiger partial charge on any atom is 0.289 e. The van der Waals surface area contributed by atoms with Gasteiger partial charge >= 0.3 is 0 Å². The van der Waals surface area contributed by atoms with E-state index in [1.165, 1.54) is 13.0 Å². The summed E-state index contributed by atoms with van der Waals surface area (Å²) >= 11 is 0. The van der Waals surface area contributed by atoms with Gasteiger partial charge in [0.15, 0.2) is 11.5 Å². The van der Waals surface area contributed by atoms with Crippen molar-refractivity contribution in [3.8, 4) is 11.3 Å². The van der Waals surface area contributed by atoms with E-state index in [1.54, 1.807) is 30.0 Å². The Morgan fingerprint density at radius 3 is 2.36 bits per heavy atom. The molecule has 0 atom stereocenters. The number of Topliss-reactive ketones (excluding diaryl/α,β-unsaturated/α-hetero) is 1. The predicted molar refractivity (Wildman–Crippen MR) is 95.9 cm³/mol. The standard InChI is InChI=1S/C20H24N2O3/c1-3-10-21-11-13-22(14-12-21)20(24)19-9-8-18(25-19)17-6-4-16(5-7-17)15(2)23/h4-9H,3,10-14H2,1-2H3/p+1. The summed E-state index contributed by atoms with van der Waals surface area (Å²) in [6.07, 6.45) is 1.17. The average Bonchev–Trinajstić information content (AvgIpc) is 3.12. The van der Waals surface area contributed by atoms with Crippen molar-refractivity contribution < 1.29 is 18.9 Å². The Hall–Kier alpha value is -2.40. The van der Waals surface area contributed by atoms with Gasteiger partial charge in [-0.3, -0.25) is 9.59 Å². The Bertz CT molecular complexity index is 741. The van der Waals surface area contributed by atoms with Crippen molar-refractivity contribution in [3.63, 3.8) is 0 Å². The summed E-state index contributed by atoms with van der Waals surface area (Å²) in [7, 11) is 0. The first kappa shape index (κ1) is 17.4. The van der Waals surface area contributed by atoms with E-state index in [9.17, 15) is 9.59 Å². The fourth-order valence-electron chi connectivity index (χ4n) is 3.26. The molecule has 0 aliphatic carbocycles. The number of carbonyl (C=O) groups is 2. The number of rotatable bonds is 5. The highest BCUT2D eigenvalue weighted by Gasteiger charge is 2.26. The third-order valence-corrected chi connectivity index (χ3v) is 4.75. The van der Waals surface area contributed by atoms with Crippen LogP contribution in [-0.4, -0.2) is 49.3 Å². The third-order valence-electron chi connectivity index (χ3n) is 4.75. The SMILES string of the molecule is CCC[NH+]1CCN(C(=O)c2ccc(-c3ccc(C(C)=O)cc3)o2)CC1. The molecule has 1 aromatic carbocycles. The number of amides is 1. The van der Waals surface area contributed by atoms with Crippen molar-refractivity contribution >= 4 is 11.7 Å². The van der Waals surface area contributed by atoms with Gasteiger partial charge in [0.25, 0.3) is 5.91 Å². The number of ketones is 1. The Kier molecular flexibility index (Phi) is 5.34. The van der Waals surface area contributed by atoms with Gasteiger partial charge in [-0.15, -0.1) is 0 Å². The second-order valence-corrected chi connectivity index (χ2v) is 6.59. The van der Waals surface area contributed by atoms with Gasteiger partial charge in [0.1, 0.15) is 5.76 Å². The van der Waals surface area contributed by atoms with Gasteiger partial charge in [-0.25, -0.2) is 0 Å². The molecule has 1 N–H and O–H groups in total. The van der Waals surface area contributed by atoms with Crippen molar-refractivity contribution in [2.75, 3.05) is 32.7 Å². The van der Waals surface area contributed by atoms with Crippen molar-refractivity contribution in [3.05, 3.63) is 47.7 Å². The molecule has 1 aliphatic heterocycles. The van der Waals surface area contributed by atoms with Gasteiger partial charge in [0, 0.05) is 11.1 Å². The molecule has 2 heterocycles. The minimum Gasteiger partial charge on any atom is -0.451 e. The molecular formula is C20H25N2O3+.